The van der Waals surface area contributed by atoms with Crippen LogP contribution in [0.4, 0.5) is 9.52 Å². The largest absolute Gasteiger partial charge is 0.488 e. The summed E-state index contributed by atoms with van der Waals surface area (Å²) in [4.78, 5) is 4.20. The van der Waals surface area contributed by atoms with Crippen LogP contribution in [-0.4, -0.2) is 24.3 Å². The Bertz CT molecular complexity index is 597. The van der Waals surface area contributed by atoms with Gasteiger partial charge in [0, 0.05) is 22.9 Å². The summed E-state index contributed by atoms with van der Waals surface area (Å²) in [6.45, 7) is 0.693. The van der Waals surface area contributed by atoms with E-state index < -0.39 is 6.67 Å². The summed E-state index contributed by atoms with van der Waals surface area (Å²) in [5.41, 5.74) is 7.76. The third-order valence-electron chi connectivity index (χ3n) is 3.20. The fraction of sp³-hybridized carbons (Fsp3) is 0.357. The minimum Gasteiger partial charge on any atom is -0.488 e. The molecule has 1 aromatic carbocycles. The highest BCUT2D eigenvalue weighted by atomic mass is 32.1. The molecule has 1 aromatic heterocycles. The first-order valence-corrected chi connectivity index (χ1v) is 7.29. The standard InChI is InChI=1S/C14H15FN2O2S/c15-6-10-5-9(12-8-20-14(16)17-12)1-2-13(10)19-11-3-4-18-7-11/h1-2,5,8,11H,3-4,6-7H2,(H2,16,17)/t11-/m1/s1. The Balaban J connectivity index is 1.85. The molecule has 3 rings (SSSR count). The maximum Gasteiger partial charge on any atom is 0.180 e. The zero-order valence-electron chi connectivity index (χ0n) is 10.8. The summed E-state index contributed by atoms with van der Waals surface area (Å²) in [6, 6.07) is 5.43. The van der Waals surface area contributed by atoms with Gasteiger partial charge in [0.25, 0.3) is 0 Å². The third-order valence-corrected chi connectivity index (χ3v) is 3.88. The van der Waals surface area contributed by atoms with Crippen molar-refractivity contribution < 1.29 is 13.9 Å². The van der Waals surface area contributed by atoms with E-state index in [0.717, 1.165) is 17.7 Å². The van der Waals surface area contributed by atoms with E-state index in [1.165, 1.54) is 11.3 Å². The molecule has 106 valence electrons. The Kier molecular flexibility index (Phi) is 3.84. The normalized spacial score (nSPS) is 18.4. The average Bonchev–Trinajstić information content (AvgIpc) is 3.11. The molecule has 0 spiro atoms. The van der Waals surface area contributed by atoms with Crippen LogP contribution in [0.1, 0.15) is 12.0 Å². The molecule has 0 radical (unpaired) electrons. The number of alkyl halides is 1. The summed E-state index contributed by atoms with van der Waals surface area (Å²) in [5, 5.41) is 2.36. The fourth-order valence-electron chi connectivity index (χ4n) is 2.16. The Morgan fingerprint density at radius 1 is 1.50 bits per heavy atom. The highest BCUT2D eigenvalue weighted by Crippen LogP contribution is 2.30. The predicted molar refractivity (Wildman–Crippen MR) is 76.6 cm³/mol. The van der Waals surface area contributed by atoms with Crippen LogP contribution < -0.4 is 10.5 Å². The molecule has 1 fully saturated rings. The molecule has 0 unspecified atom stereocenters. The van der Waals surface area contributed by atoms with E-state index in [4.69, 9.17) is 15.2 Å². The molecule has 6 heteroatoms. The highest BCUT2D eigenvalue weighted by molar-refractivity contribution is 7.13. The van der Waals surface area contributed by atoms with Crippen molar-refractivity contribution in [3.63, 3.8) is 0 Å². The van der Waals surface area contributed by atoms with Gasteiger partial charge in [0.15, 0.2) is 5.13 Å². The van der Waals surface area contributed by atoms with Crippen molar-refractivity contribution in [2.24, 2.45) is 0 Å². The number of aromatic nitrogens is 1. The van der Waals surface area contributed by atoms with E-state index >= 15 is 0 Å². The minimum absolute atomic E-state index is 0.0149. The molecule has 1 aliphatic rings. The smallest absolute Gasteiger partial charge is 0.180 e. The first-order chi connectivity index (χ1) is 9.76. The third kappa shape index (κ3) is 2.76. The molecular formula is C14H15FN2O2S. The number of ether oxygens (including phenoxy) is 2. The summed E-state index contributed by atoms with van der Waals surface area (Å²) < 4.78 is 24.3. The Morgan fingerprint density at radius 3 is 3.05 bits per heavy atom. The van der Waals surface area contributed by atoms with Gasteiger partial charge in [0.1, 0.15) is 18.5 Å². The van der Waals surface area contributed by atoms with Crippen molar-refractivity contribution in [2.75, 3.05) is 18.9 Å². The molecule has 2 heterocycles. The topological polar surface area (TPSA) is 57.4 Å². The van der Waals surface area contributed by atoms with Crippen LogP contribution in [0.25, 0.3) is 11.3 Å². The van der Waals surface area contributed by atoms with Gasteiger partial charge in [-0.25, -0.2) is 9.37 Å². The first-order valence-electron chi connectivity index (χ1n) is 6.41. The first kappa shape index (κ1) is 13.3. The molecule has 1 aliphatic heterocycles. The highest BCUT2D eigenvalue weighted by Gasteiger charge is 2.19. The van der Waals surface area contributed by atoms with Crippen LogP contribution in [0, 0.1) is 0 Å². The van der Waals surface area contributed by atoms with Gasteiger partial charge in [-0.2, -0.15) is 0 Å². The quantitative estimate of drug-likeness (QED) is 0.941. The monoisotopic (exact) mass is 294 g/mol. The van der Waals surface area contributed by atoms with Crippen LogP contribution in [0.2, 0.25) is 0 Å². The lowest BCUT2D eigenvalue weighted by Gasteiger charge is -2.15. The molecule has 2 aromatic rings. The molecule has 0 bridgehead atoms. The van der Waals surface area contributed by atoms with Gasteiger partial charge >= 0.3 is 0 Å². The SMILES string of the molecule is Nc1nc(-c2ccc(O[C@@H]3CCOC3)c(CF)c2)cs1. The number of nitrogens with zero attached hydrogens (tertiary/aromatic N) is 1. The van der Waals surface area contributed by atoms with Crippen molar-refractivity contribution >= 4 is 16.5 Å². The van der Waals surface area contributed by atoms with Crippen molar-refractivity contribution in [1.82, 2.24) is 4.98 Å². The Labute approximate surface area is 120 Å². The van der Waals surface area contributed by atoms with Crippen LogP contribution in [0.5, 0.6) is 5.75 Å². The van der Waals surface area contributed by atoms with Crippen molar-refractivity contribution in [1.29, 1.82) is 0 Å². The van der Waals surface area contributed by atoms with E-state index in [1.807, 2.05) is 11.4 Å². The van der Waals surface area contributed by atoms with Gasteiger partial charge in [-0.1, -0.05) is 0 Å². The van der Waals surface area contributed by atoms with E-state index in [2.05, 4.69) is 4.98 Å². The molecule has 20 heavy (non-hydrogen) atoms. The number of hydrogen-bond donors (Lipinski definition) is 1. The second kappa shape index (κ2) is 5.76. The van der Waals surface area contributed by atoms with E-state index in [1.54, 1.807) is 12.1 Å². The van der Waals surface area contributed by atoms with Crippen LogP contribution >= 0.6 is 11.3 Å². The fourth-order valence-corrected chi connectivity index (χ4v) is 2.74. The van der Waals surface area contributed by atoms with Gasteiger partial charge in [0.05, 0.1) is 18.9 Å². The zero-order valence-corrected chi connectivity index (χ0v) is 11.7. The number of nitrogens with two attached hydrogens (primary N) is 1. The maximum absolute atomic E-state index is 13.2. The number of benzene rings is 1. The van der Waals surface area contributed by atoms with Crippen LogP contribution in [0.3, 0.4) is 0 Å². The Hall–Kier alpha value is -1.66. The van der Waals surface area contributed by atoms with Gasteiger partial charge in [0.2, 0.25) is 0 Å². The van der Waals surface area contributed by atoms with Crippen molar-refractivity contribution in [3.05, 3.63) is 29.1 Å². The summed E-state index contributed by atoms with van der Waals surface area (Å²) in [6.07, 6.45) is 0.858. The molecular weight excluding hydrogens is 279 g/mol. The second-order valence-corrected chi connectivity index (χ2v) is 5.52. The molecule has 4 nitrogen and oxygen atoms in total. The average molecular weight is 294 g/mol. The summed E-state index contributed by atoms with van der Waals surface area (Å²) in [5.74, 6) is 0.579. The molecule has 0 aliphatic carbocycles. The van der Waals surface area contributed by atoms with Gasteiger partial charge in [-0.05, 0) is 18.2 Å². The predicted octanol–water partition coefficient (Wildman–Crippen LogP) is 3.03. The second-order valence-electron chi connectivity index (χ2n) is 4.63. The molecule has 2 N–H and O–H groups in total. The van der Waals surface area contributed by atoms with Crippen molar-refractivity contribution in [2.45, 2.75) is 19.2 Å². The van der Waals surface area contributed by atoms with Gasteiger partial charge < -0.3 is 15.2 Å². The number of hydrogen-bond acceptors (Lipinski definition) is 5. The lowest BCUT2D eigenvalue weighted by molar-refractivity contribution is 0.140. The van der Waals surface area contributed by atoms with Gasteiger partial charge in [-0.15, -0.1) is 11.3 Å². The number of anilines is 1. The molecule has 0 amide bonds. The van der Waals surface area contributed by atoms with E-state index in [9.17, 15) is 4.39 Å². The summed E-state index contributed by atoms with van der Waals surface area (Å²) >= 11 is 1.37. The van der Waals surface area contributed by atoms with Gasteiger partial charge in [-0.3, -0.25) is 0 Å². The molecule has 1 saturated heterocycles. The molecule has 1 atom stereocenters. The lowest BCUT2D eigenvalue weighted by Crippen LogP contribution is -2.16. The number of thiazole rings is 1. The number of rotatable bonds is 4. The van der Waals surface area contributed by atoms with Crippen LogP contribution in [0.15, 0.2) is 23.6 Å². The summed E-state index contributed by atoms with van der Waals surface area (Å²) in [7, 11) is 0. The van der Waals surface area contributed by atoms with Crippen LogP contribution in [-0.2, 0) is 11.4 Å². The zero-order chi connectivity index (χ0) is 13.9. The van der Waals surface area contributed by atoms with Crippen molar-refractivity contribution in [3.8, 4) is 17.0 Å². The lowest BCUT2D eigenvalue weighted by atomic mass is 10.1. The number of halogens is 1. The minimum atomic E-state index is -0.573. The maximum atomic E-state index is 13.2. The Morgan fingerprint density at radius 2 is 2.40 bits per heavy atom. The van der Waals surface area contributed by atoms with E-state index in [0.29, 0.717) is 29.7 Å². The van der Waals surface area contributed by atoms with E-state index in [-0.39, 0.29) is 6.10 Å². The number of nitrogen functional groups attached to an aromatic ring is 1. The molecule has 0 saturated carbocycles.